The molecule has 1 aliphatic rings. The van der Waals surface area contributed by atoms with Crippen molar-refractivity contribution in [1.29, 1.82) is 0 Å². The van der Waals surface area contributed by atoms with E-state index in [1.165, 1.54) is 28.7 Å². The molecule has 4 rings (SSSR count). The predicted molar refractivity (Wildman–Crippen MR) is 127 cm³/mol. The van der Waals surface area contributed by atoms with Gasteiger partial charge in [0.15, 0.2) is 0 Å². The molecule has 1 aliphatic heterocycles. The summed E-state index contributed by atoms with van der Waals surface area (Å²) in [6, 6.07) is 8.71. The summed E-state index contributed by atoms with van der Waals surface area (Å²) in [4.78, 5) is 33.5. The van der Waals surface area contributed by atoms with Gasteiger partial charge in [0, 0.05) is 25.6 Å². The van der Waals surface area contributed by atoms with E-state index in [9.17, 15) is 14.0 Å². The topological polar surface area (TPSA) is 62.3 Å². The van der Waals surface area contributed by atoms with Crippen molar-refractivity contribution >= 4 is 46.1 Å². The number of piperidine rings is 1. The molecule has 0 spiro atoms. The SMILES string of the molecule is Cc1ccc(CNC(=O)C2CCN(C(=O)c3sc(-c4ccc(Cl)s4)nc3C)CC2)cc1F. The van der Waals surface area contributed by atoms with Crippen LogP contribution in [0.1, 0.15) is 39.3 Å². The Bertz CT molecular complexity index is 1150. The molecule has 32 heavy (non-hydrogen) atoms. The summed E-state index contributed by atoms with van der Waals surface area (Å²) in [5.41, 5.74) is 2.03. The molecule has 2 amide bonds. The molecular formula is C23H23ClFN3O2S2. The Morgan fingerprint density at radius 2 is 1.94 bits per heavy atom. The van der Waals surface area contributed by atoms with E-state index in [1.807, 2.05) is 25.1 Å². The highest BCUT2D eigenvalue weighted by Gasteiger charge is 2.29. The van der Waals surface area contributed by atoms with E-state index in [4.69, 9.17) is 11.6 Å². The molecule has 1 aromatic carbocycles. The summed E-state index contributed by atoms with van der Waals surface area (Å²) >= 11 is 8.84. The Hall–Kier alpha value is -2.29. The number of nitrogens with zero attached hydrogens (tertiary/aromatic N) is 2. The number of thiophene rings is 1. The van der Waals surface area contributed by atoms with E-state index >= 15 is 0 Å². The maximum atomic E-state index is 13.7. The maximum Gasteiger partial charge on any atom is 0.265 e. The van der Waals surface area contributed by atoms with E-state index in [0.29, 0.717) is 52.9 Å². The van der Waals surface area contributed by atoms with Gasteiger partial charge in [-0.1, -0.05) is 23.7 Å². The van der Waals surface area contributed by atoms with Crippen molar-refractivity contribution < 1.29 is 14.0 Å². The molecule has 0 atom stereocenters. The number of hydrogen-bond donors (Lipinski definition) is 1. The highest BCUT2D eigenvalue weighted by atomic mass is 35.5. The summed E-state index contributed by atoms with van der Waals surface area (Å²) in [5, 5.41) is 3.69. The number of aromatic nitrogens is 1. The van der Waals surface area contributed by atoms with Gasteiger partial charge >= 0.3 is 0 Å². The van der Waals surface area contributed by atoms with Gasteiger partial charge in [0.1, 0.15) is 15.7 Å². The first-order valence-corrected chi connectivity index (χ1v) is 12.4. The first-order chi connectivity index (χ1) is 15.3. The second-order valence-electron chi connectivity index (χ2n) is 7.91. The zero-order chi connectivity index (χ0) is 22.8. The number of carbonyl (C=O) groups excluding carboxylic acids is 2. The van der Waals surface area contributed by atoms with Crippen molar-refractivity contribution in [3.05, 3.63) is 62.2 Å². The molecule has 0 unspecified atom stereocenters. The van der Waals surface area contributed by atoms with Gasteiger partial charge in [-0.05, 0) is 56.0 Å². The van der Waals surface area contributed by atoms with Gasteiger partial charge in [0.25, 0.3) is 5.91 Å². The van der Waals surface area contributed by atoms with Gasteiger partial charge in [-0.2, -0.15) is 0 Å². The molecule has 2 aromatic heterocycles. The van der Waals surface area contributed by atoms with Crippen molar-refractivity contribution in [2.75, 3.05) is 13.1 Å². The molecule has 3 heterocycles. The molecule has 168 valence electrons. The number of aryl methyl sites for hydroxylation is 2. The van der Waals surface area contributed by atoms with Crippen LogP contribution < -0.4 is 5.32 Å². The van der Waals surface area contributed by atoms with Crippen LogP contribution in [-0.4, -0.2) is 34.8 Å². The van der Waals surface area contributed by atoms with Crippen molar-refractivity contribution in [2.24, 2.45) is 5.92 Å². The van der Waals surface area contributed by atoms with Crippen molar-refractivity contribution in [2.45, 2.75) is 33.2 Å². The Kier molecular flexibility index (Phi) is 6.93. The summed E-state index contributed by atoms with van der Waals surface area (Å²) in [7, 11) is 0. The van der Waals surface area contributed by atoms with E-state index in [1.54, 1.807) is 17.9 Å². The lowest BCUT2D eigenvalue weighted by atomic mass is 9.95. The van der Waals surface area contributed by atoms with Crippen molar-refractivity contribution in [3.8, 4) is 9.88 Å². The molecular weight excluding hydrogens is 469 g/mol. The van der Waals surface area contributed by atoms with Crippen LogP contribution in [0.2, 0.25) is 4.34 Å². The minimum Gasteiger partial charge on any atom is -0.352 e. The molecule has 0 radical (unpaired) electrons. The first-order valence-electron chi connectivity index (χ1n) is 10.4. The third kappa shape index (κ3) is 5.03. The second kappa shape index (κ2) is 9.68. The fourth-order valence-electron chi connectivity index (χ4n) is 3.70. The smallest absolute Gasteiger partial charge is 0.265 e. The van der Waals surface area contributed by atoms with Crippen LogP contribution in [-0.2, 0) is 11.3 Å². The molecule has 9 heteroatoms. The van der Waals surface area contributed by atoms with Gasteiger partial charge in [0.05, 0.1) is 14.9 Å². The van der Waals surface area contributed by atoms with Gasteiger partial charge in [-0.25, -0.2) is 9.37 Å². The lowest BCUT2D eigenvalue weighted by Gasteiger charge is -2.31. The second-order valence-corrected chi connectivity index (χ2v) is 10.6. The fraction of sp³-hybridized carbons (Fsp3) is 0.348. The molecule has 0 bridgehead atoms. The first kappa shape index (κ1) is 22.9. The summed E-state index contributed by atoms with van der Waals surface area (Å²) in [5.74, 6) is -0.514. The number of benzene rings is 1. The van der Waals surface area contributed by atoms with E-state index < -0.39 is 0 Å². The molecule has 0 saturated carbocycles. The predicted octanol–water partition coefficient (Wildman–Crippen LogP) is 5.45. The summed E-state index contributed by atoms with van der Waals surface area (Å²) in [6.07, 6.45) is 1.20. The number of hydrogen-bond acceptors (Lipinski definition) is 5. The lowest BCUT2D eigenvalue weighted by Crippen LogP contribution is -2.42. The Morgan fingerprint density at radius 1 is 1.19 bits per heavy atom. The minimum atomic E-state index is -0.271. The molecule has 1 fully saturated rings. The molecule has 1 saturated heterocycles. The maximum absolute atomic E-state index is 13.7. The summed E-state index contributed by atoms with van der Waals surface area (Å²) in [6.45, 7) is 4.89. The van der Waals surface area contributed by atoms with E-state index in [0.717, 1.165) is 15.4 Å². The van der Waals surface area contributed by atoms with E-state index in [-0.39, 0.29) is 23.5 Å². The number of likely N-dealkylation sites (tertiary alicyclic amines) is 1. The van der Waals surface area contributed by atoms with Crippen LogP contribution in [0.4, 0.5) is 4.39 Å². The third-order valence-electron chi connectivity index (χ3n) is 5.63. The Balaban J connectivity index is 1.32. The highest BCUT2D eigenvalue weighted by molar-refractivity contribution is 7.24. The number of carbonyl (C=O) groups is 2. The van der Waals surface area contributed by atoms with Gasteiger partial charge in [0.2, 0.25) is 5.91 Å². The van der Waals surface area contributed by atoms with Crippen LogP contribution in [0.15, 0.2) is 30.3 Å². The number of rotatable bonds is 5. The van der Waals surface area contributed by atoms with Gasteiger partial charge in [-0.3, -0.25) is 9.59 Å². The number of thiazole rings is 1. The van der Waals surface area contributed by atoms with Gasteiger partial charge in [-0.15, -0.1) is 22.7 Å². The molecule has 1 N–H and O–H groups in total. The van der Waals surface area contributed by atoms with Crippen LogP contribution in [0, 0.1) is 25.6 Å². The zero-order valence-electron chi connectivity index (χ0n) is 17.8. The lowest BCUT2D eigenvalue weighted by molar-refractivity contribution is -0.126. The molecule has 3 aromatic rings. The zero-order valence-corrected chi connectivity index (χ0v) is 20.2. The van der Waals surface area contributed by atoms with E-state index in [2.05, 4.69) is 10.3 Å². The van der Waals surface area contributed by atoms with Crippen LogP contribution in [0.5, 0.6) is 0 Å². The van der Waals surface area contributed by atoms with Crippen LogP contribution in [0.25, 0.3) is 9.88 Å². The number of nitrogens with one attached hydrogen (secondary N) is 1. The fourth-order valence-corrected chi connectivity index (χ4v) is 5.83. The molecule has 0 aliphatic carbocycles. The minimum absolute atomic E-state index is 0.0390. The Labute approximate surface area is 199 Å². The van der Waals surface area contributed by atoms with Crippen LogP contribution >= 0.6 is 34.3 Å². The van der Waals surface area contributed by atoms with Crippen LogP contribution in [0.3, 0.4) is 0 Å². The monoisotopic (exact) mass is 491 g/mol. The average molecular weight is 492 g/mol. The number of halogens is 2. The highest BCUT2D eigenvalue weighted by Crippen LogP contribution is 2.35. The quantitative estimate of drug-likeness (QED) is 0.516. The normalized spacial score (nSPS) is 14.6. The van der Waals surface area contributed by atoms with Crippen molar-refractivity contribution in [3.63, 3.8) is 0 Å². The standard InChI is InChI=1S/C23H23ClFN3O2S2/c1-13-3-4-15(11-17(13)25)12-26-21(29)16-7-9-28(10-8-16)23(30)20-14(2)27-22(32-20)18-5-6-19(24)31-18/h3-6,11,16H,7-10,12H2,1-2H3,(H,26,29). The largest absolute Gasteiger partial charge is 0.352 e. The van der Waals surface area contributed by atoms with Gasteiger partial charge < -0.3 is 10.2 Å². The molecule has 5 nitrogen and oxygen atoms in total. The Morgan fingerprint density at radius 3 is 2.59 bits per heavy atom. The van der Waals surface area contributed by atoms with Crippen molar-refractivity contribution in [1.82, 2.24) is 15.2 Å². The number of amides is 2. The third-order valence-corrected chi connectivity index (χ3v) is 8.18. The summed E-state index contributed by atoms with van der Waals surface area (Å²) < 4.78 is 14.4. The average Bonchev–Trinajstić information content (AvgIpc) is 3.39.